The third kappa shape index (κ3) is 1.78. The molecule has 21 heavy (non-hydrogen) atoms. The maximum absolute atomic E-state index is 12.8. The first-order valence-corrected chi connectivity index (χ1v) is 8.57. The van der Waals surface area contributed by atoms with Crippen molar-refractivity contribution in [2.24, 2.45) is 23.7 Å². The van der Waals surface area contributed by atoms with Gasteiger partial charge in [0.2, 0.25) is 11.8 Å². The lowest BCUT2D eigenvalue weighted by atomic mass is 9.81. The third-order valence-electron chi connectivity index (χ3n) is 5.59. The SMILES string of the molecule is CCc1cc(Br)ccc1N1C(=O)[C@H]2[C@H]3CC[C@@H](C3)[C@@H]2C1=O. The zero-order valence-electron chi connectivity index (χ0n) is 12.0. The van der Waals surface area contributed by atoms with Crippen molar-refractivity contribution in [2.45, 2.75) is 32.6 Å². The van der Waals surface area contributed by atoms with Crippen molar-refractivity contribution in [3.8, 4) is 0 Å². The van der Waals surface area contributed by atoms with Crippen LogP contribution in [0.3, 0.4) is 0 Å². The van der Waals surface area contributed by atoms with Crippen molar-refractivity contribution in [3.05, 3.63) is 28.2 Å². The Morgan fingerprint density at radius 3 is 2.33 bits per heavy atom. The number of nitrogens with zero attached hydrogens (tertiary/aromatic N) is 1. The van der Waals surface area contributed by atoms with Crippen LogP contribution in [0.1, 0.15) is 31.7 Å². The molecule has 3 nitrogen and oxygen atoms in total. The van der Waals surface area contributed by atoms with Crippen LogP contribution in [0.2, 0.25) is 0 Å². The number of rotatable bonds is 2. The third-order valence-corrected chi connectivity index (χ3v) is 6.08. The number of amides is 2. The van der Waals surface area contributed by atoms with Crippen LogP contribution in [0.5, 0.6) is 0 Å². The molecule has 2 bridgehead atoms. The van der Waals surface area contributed by atoms with Crippen LogP contribution >= 0.6 is 15.9 Å². The average molecular weight is 348 g/mol. The van der Waals surface area contributed by atoms with E-state index in [0.29, 0.717) is 11.8 Å². The second-order valence-corrected chi connectivity index (χ2v) is 7.44. The molecule has 2 saturated carbocycles. The number of aryl methyl sites for hydroxylation is 1. The van der Waals surface area contributed by atoms with E-state index in [1.54, 1.807) is 0 Å². The molecule has 0 N–H and O–H groups in total. The van der Waals surface area contributed by atoms with Crippen molar-refractivity contribution in [1.82, 2.24) is 0 Å². The van der Waals surface area contributed by atoms with Gasteiger partial charge in [-0.05, 0) is 61.3 Å². The van der Waals surface area contributed by atoms with Gasteiger partial charge in [0.05, 0.1) is 17.5 Å². The molecule has 1 aliphatic heterocycles. The van der Waals surface area contributed by atoms with Gasteiger partial charge < -0.3 is 0 Å². The molecule has 0 unspecified atom stereocenters. The number of carbonyl (C=O) groups excluding carboxylic acids is 2. The summed E-state index contributed by atoms with van der Waals surface area (Å²) in [5, 5.41) is 0. The van der Waals surface area contributed by atoms with Gasteiger partial charge >= 0.3 is 0 Å². The van der Waals surface area contributed by atoms with Crippen molar-refractivity contribution < 1.29 is 9.59 Å². The number of hydrogen-bond acceptors (Lipinski definition) is 2. The van der Waals surface area contributed by atoms with Gasteiger partial charge in [-0.2, -0.15) is 0 Å². The molecule has 4 heteroatoms. The van der Waals surface area contributed by atoms with Crippen molar-refractivity contribution in [1.29, 1.82) is 0 Å². The standard InChI is InChI=1S/C17H18BrNO2/c1-2-9-8-12(18)5-6-13(9)19-16(20)14-10-3-4-11(7-10)15(14)17(19)21/h5-6,8,10-11,14-15H,2-4,7H2,1H3/t10-,11-,14-,15-/m0/s1. The second-order valence-electron chi connectivity index (χ2n) is 6.52. The number of hydrogen-bond donors (Lipinski definition) is 0. The maximum Gasteiger partial charge on any atom is 0.237 e. The monoisotopic (exact) mass is 347 g/mol. The van der Waals surface area contributed by atoms with Gasteiger partial charge in [-0.1, -0.05) is 22.9 Å². The number of fused-ring (bicyclic) bond motifs is 5. The smallest absolute Gasteiger partial charge is 0.237 e. The Bertz CT molecular complexity index is 614. The lowest BCUT2D eigenvalue weighted by Crippen LogP contribution is -2.33. The molecule has 1 aromatic rings. The van der Waals surface area contributed by atoms with Crippen molar-refractivity contribution in [2.75, 3.05) is 4.90 Å². The van der Waals surface area contributed by atoms with E-state index in [1.165, 1.54) is 4.90 Å². The summed E-state index contributed by atoms with van der Waals surface area (Å²) >= 11 is 3.47. The summed E-state index contributed by atoms with van der Waals surface area (Å²) < 4.78 is 0.988. The minimum atomic E-state index is -0.0374. The minimum absolute atomic E-state index is 0.0374. The topological polar surface area (TPSA) is 37.4 Å². The van der Waals surface area contributed by atoms with E-state index in [4.69, 9.17) is 0 Å². The van der Waals surface area contributed by atoms with Crippen LogP contribution < -0.4 is 4.90 Å². The van der Waals surface area contributed by atoms with Crippen LogP contribution in [-0.2, 0) is 16.0 Å². The van der Waals surface area contributed by atoms with Gasteiger partial charge in [0.1, 0.15) is 0 Å². The minimum Gasteiger partial charge on any atom is -0.274 e. The quantitative estimate of drug-likeness (QED) is 0.767. The summed E-state index contributed by atoms with van der Waals surface area (Å²) in [6.45, 7) is 2.06. The van der Waals surface area contributed by atoms with Gasteiger partial charge in [0, 0.05) is 4.47 Å². The number of benzene rings is 1. The van der Waals surface area contributed by atoms with E-state index in [1.807, 2.05) is 18.2 Å². The molecule has 1 saturated heterocycles. The Balaban J connectivity index is 1.77. The summed E-state index contributed by atoms with van der Waals surface area (Å²) in [5.74, 6) is 0.918. The molecule has 110 valence electrons. The molecule has 4 atom stereocenters. The number of imide groups is 1. The number of carbonyl (C=O) groups is 2. The fourth-order valence-electron chi connectivity index (χ4n) is 4.70. The average Bonchev–Trinajstić information content (AvgIpc) is 3.14. The van der Waals surface area contributed by atoms with Gasteiger partial charge in [0.25, 0.3) is 0 Å². The summed E-state index contributed by atoms with van der Waals surface area (Å²) in [5.41, 5.74) is 1.85. The first kappa shape index (κ1) is 13.5. The van der Waals surface area contributed by atoms with E-state index in [9.17, 15) is 9.59 Å². The number of anilines is 1. The molecule has 4 rings (SSSR count). The highest BCUT2D eigenvalue weighted by molar-refractivity contribution is 9.10. The normalized spacial score (nSPS) is 33.9. The van der Waals surface area contributed by atoms with Gasteiger partial charge in [-0.25, -0.2) is 4.90 Å². The fourth-order valence-corrected chi connectivity index (χ4v) is 5.11. The molecule has 2 amide bonds. The molecule has 1 heterocycles. The maximum atomic E-state index is 12.8. The van der Waals surface area contributed by atoms with Gasteiger partial charge in [0.15, 0.2) is 0 Å². The van der Waals surface area contributed by atoms with E-state index < -0.39 is 0 Å². The largest absolute Gasteiger partial charge is 0.274 e. The Kier molecular flexibility index (Phi) is 3.00. The van der Waals surface area contributed by atoms with E-state index in [-0.39, 0.29) is 23.7 Å². The molecule has 0 radical (unpaired) electrons. The van der Waals surface area contributed by atoms with Crippen LogP contribution in [0.15, 0.2) is 22.7 Å². The first-order valence-electron chi connectivity index (χ1n) is 7.78. The molecule has 3 fully saturated rings. The summed E-state index contributed by atoms with van der Waals surface area (Å²) in [6, 6.07) is 5.83. The highest BCUT2D eigenvalue weighted by atomic mass is 79.9. The van der Waals surface area contributed by atoms with Crippen LogP contribution in [0.25, 0.3) is 0 Å². The lowest BCUT2D eigenvalue weighted by Gasteiger charge is -2.20. The van der Waals surface area contributed by atoms with Gasteiger partial charge in [-0.15, -0.1) is 0 Å². The molecule has 0 spiro atoms. The highest BCUT2D eigenvalue weighted by Gasteiger charge is 2.61. The lowest BCUT2D eigenvalue weighted by molar-refractivity contribution is -0.123. The Hall–Kier alpha value is -1.16. The Morgan fingerprint density at radius 2 is 1.76 bits per heavy atom. The summed E-state index contributed by atoms with van der Waals surface area (Å²) in [7, 11) is 0. The molecule has 1 aromatic carbocycles. The molecular formula is C17H18BrNO2. The first-order chi connectivity index (χ1) is 10.1. The van der Waals surface area contributed by atoms with E-state index in [2.05, 4.69) is 22.9 Å². The predicted molar refractivity (Wildman–Crippen MR) is 83.8 cm³/mol. The summed E-state index contributed by atoms with van der Waals surface area (Å²) in [4.78, 5) is 27.2. The van der Waals surface area contributed by atoms with Crippen LogP contribution in [-0.4, -0.2) is 11.8 Å². The van der Waals surface area contributed by atoms with Crippen LogP contribution in [0, 0.1) is 23.7 Å². The Morgan fingerprint density at radius 1 is 1.14 bits per heavy atom. The fraction of sp³-hybridized carbons (Fsp3) is 0.529. The second kappa shape index (κ2) is 4.67. The molecular weight excluding hydrogens is 330 g/mol. The zero-order chi connectivity index (χ0) is 14.7. The predicted octanol–water partition coefficient (Wildman–Crippen LogP) is 3.55. The highest BCUT2D eigenvalue weighted by Crippen LogP contribution is 2.56. The van der Waals surface area contributed by atoms with Crippen molar-refractivity contribution >= 4 is 33.4 Å². The van der Waals surface area contributed by atoms with Gasteiger partial charge in [-0.3, -0.25) is 9.59 Å². The Labute approximate surface area is 132 Å². The van der Waals surface area contributed by atoms with Crippen LogP contribution in [0.4, 0.5) is 5.69 Å². The molecule has 2 aliphatic carbocycles. The summed E-state index contributed by atoms with van der Waals surface area (Å²) in [6.07, 6.45) is 4.15. The van der Waals surface area contributed by atoms with E-state index >= 15 is 0 Å². The molecule has 3 aliphatic rings. The molecule has 0 aromatic heterocycles. The van der Waals surface area contributed by atoms with Crippen molar-refractivity contribution in [3.63, 3.8) is 0 Å². The van der Waals surface area contributed by atoms with E-state index in [0.717, 1.165) is 41.4 Å². The zero-order valence-corrected chi connectivity index (χ0v) is 13.6. The number of halogens is 1.